The third kappa shape index (κ3) is 18.9. The first-order valence-electron chi connectivity index (χ1n) is 17.9. The van der Waals surface area contributed by atoms with E-state index in [9.17, 15) is 39.3 Å². The first-order valence-corrected chi connectivity index (χ1v) is 17.9. The normalized spacial score (nSPS) is 23.6. The highest BCUT2D eigenvalue weighted by atomic mass is 16.7. The van der Waals surface area contributed by atoms with Gasteiger partial charge in [-0.1, -0.05) is 12.2 Å². The predicted molar refractivity (Wildman–Crippen MR) is 184 cm³/mol. The van der Waals surface area contributed by atoms with Gasteiger partial charge in [-0.2, -0.15) is 0 Å². The van der Waals surface area contributed by atoms with E-state index in [0.29, 0.717) is 52.4 Å². The molecule has 1 unspecified atom stereocenters. The zero-order valence-electron chi connectivity index (χ0n) is 29.9. The number of nitrogens with zero attached hydrogens (tertiary/aromatic N) is 4. The number of carboxylic acids is 3. The van der Waals surface area contributed by atoms with E-state index < -0.39 is 30.3 Å². The lowest BCUT2D eigenvalue weighted by atomic mass is 10.0. The number of allylic oxidation sites excluding steroid dienone is 2. The van der Waals surface area contributed by atoms with Crippen LogP contribution >= 0.6 is 0 Å². The molecule has 2 fully saturated rings. The molecule has 3 rings (SSSR count). The number of rotatable bonds is 19. The van der Waals surface area contributed by atoms with Crippen molar-refractivity contribution < 1.29 is 63.0 Å². The van der Waals surface area contributed by atoms with Gasteiger partial charge in [0.1, 0.15) is 6.61 Å². The molecule has 5 N–H and O–H groups in total. The number of aliphatic carboxylic acids is 3. The minimum atomic E-state index is -1.02. The Kier molecular flexibility index (Phi) is 20.5. The molecule has 19 heteroatoms. The Balaban J connectivity index is 1.27. The number of ether oxygens (including phenoxy) is 5. The first-order chi connectivity index (χ1) is 25.1. The van der Waals surface area contributed by atoms with Crippen LogP contribution in [0.25, 0.3) is 0 Å². The standard InChI is InChI=1S/C33H56N6O13/c40-28(21-36-9-11-37(22-29(41)42)13-15-39(24-31(45)46)16-14-38(12-10-36)23-30(43)44)34-7-17-48-19-20-49-18-8-35-33(47)50-25-32-51-26-5-3-1-2-4-6-27(26)52-32/h1-2,26-27,32H,3-25H2,(H,34,40)(H,35,47)(H,41,42)(H,43,44)(H,45,46)/b2-1+/t26-,27+,32?. The van der Waals surface area contributed by atoms with Gasteiger partial charge in [-0.15, -0.1) is 0 Å². The lowest BCUT2D eigenvalue weighted by Crippen LogP contribution is -2.50. The van der Waals surface area contributed by atoms with E-state index >= 15 is 0 Å². The van der Waals surface area contributed by atoms with Crippen LogP contribution in [-0.2, 0) is 42.9 Å². The van der Waals surface area contributed by atoms with Crippen LogP contribution in [0.15, 0.2) is 12.2 Å². The van der Waals surface area contributed by atoms with Crippen molar-refractivity contribution in [2.75, 3.05) is 125 Å². The third-order valence-corrected chi connectivity index (χ3v) is 8.65. The van der Waals surface area contributed by atoms with Crippen LogP contribution in [0.5, 0.6) is 0 Å². The molecule has 2 heterocycles. The molecule has 3 atom stereocenters. The number of hydrogen-bond donors (Lipinski definition) is 5. The largest absolute Gasteiger partial charge is 0.480 e. The van der Waals surface area contributed by atoms with E-state index in [0.717, 1.165) is 25.7 Å². The Morgan fingerprint density at radius 3 is 1.42 bits per heavy atom. The van der Waals surface area contributed by atoms with Crippen molar-refractivity contribution in [3.8, 4) is 0 Å². The molecule has 0 spiro atoms. The summed E-state index contributed by atoms with van der Waals surface area (Å²) in [7, 11) is 0. The fourth-order valence-corrected chi connectivity index (χ4v) is 5.99. The summed E-state index contributed by atoms with van der Waals surface area (Å²) in [4.78, 5) is 65.9. The van der Waals surface area contributed by atoms with E-state index in [1.165, 1.54) is 0 Å². The molecule has 1 aliphatic carbocycles. The quantitative estimate of drug-likeness (QED) is 0.0755. The predicted octanol–water partition coefficient (Wildman–Crippen LogP) is -1.42. The van der Waals surface area contributed by atoms with Crippen LogP contribution in [-0.4, -0.2) is 208 Å². The highest BCUT2D eigenvalue weighted by Gasteiger charge is 2.36. The molecule has 0 aromatic rings. The monoisotopic (exact) mass is 744 g/mol. The van der Waals surface area contributed by atoms with Gasteiger partial charge in [-0.3, -0.25) is 38.8 Å². The highest BCUT2D eigenvalue weighted by Crippen LogP contribution is 2.28. The molecule has 296 valence electrons. The van der Waals surface area contributed by atoms with Gasteiger partial charge >= 0.3 is 24.0 Å². The van der Waals surface area contributed by atoms with Crippen LogP contribution in [0.3, 0.4) is 0 Å². The molecule has 0 radical (unpaired) electrons. The number of nitrogens with one attached hydrogen (secondary N) is 2. The summed E-state index contributed by atoms with van der Waals surface area (Å²) in [5.74, 6) is -3.32. The summed E-state index contributed by atoms with van der Waals surface area (Å²) in [6, 6.07) is 0. The van der Waals surface area contributed by atoms with Gasteiger partial charge < -0.3 is 49.6 Å². The summed E-state index contributed by atoms with van der Waals surface area (Å²) in [5.41, 5.74) is 0. The minimum Gasteiger partial charge on any atom is -0.480 e. The van der Waals surface area contributed by atoms with Crippen molar-refractivity contribution in [3.63, 3.8) is 0 Å². The van der Waals surface area contributed by atoms with Crippen molar-refractivity contribution in [2.45, 2.75) is 44.2 Å². The zero-order chi connectivity index (χ0) is 37.6. The van der Waals surface area contributed by atoms with Crippen LogP contribution in [0.4, 0.5) is 4.79 Å². The second kappa shape index (κ2) is 24.7. The number of carboxylic acid groups (broad SMARTS) is 3. The second-order valence-corrected chi connectivity index (χ2v) is 12.8. The molecule has 19 nitrogen and oxygen atoms in total. The number of amides is 2. The summed E-state index contributed by atoms with van der Waals surface area (Å²) in [6.45, 7) is 3.43. The molecule has 52 heavy (non-hydrogen) atoms. The molecule has 0 aromatic carbocycles. The van der Waals surface area contributed by atoms with Gasteiger partial charge in [0.25, 0.3) is 0 Å². The topological polar surface area (TPSA) is 229 Å². The van der Waals surface area contributed by atoms with E-state index in [1.807, 2.05) is 4.90 Å². The fraction of sp³-hybridized carbons (Fsp3) is 0.788. The number of hydrogen-bond acceptors (Lipinski definition) is 14. The molecule has 0 aromatic heterocycles. The Labute approximate surface area is 304 Å². The smallest absolute Gasteiger partial charge is 0.407 e. The molecule has 0 saturated carbocycles. The minimum absolute atomic E-state index is 0.0167. The average molecular weight is 745 g/mol. The number of fused-ring (bicyclic) bond motifs is 1. The third-order valence-electron chi connectivity index (χ3n) is 8.65. The van der Waals surface area contributed by atoms with Crippen LogP contribution < -0.4 is 10.6 Å². The highest BCUT2D eigenvalue weighted by molar-refractivity contribution is 5.78. The van der Waals surface area contributed by atoms with Crippen molar-refractivity contribution in [1.82, 2.24) is 30.2 Å². The molecule has 0 bridgehead atoms. The van der Waals surface area contributed by atoms with Crippen molar-refractivity contribution in [2.24, 2.45) is 0 Å². The number of carbonyl (C=O) groups is 5. The zero-order valence-corrected chi connectivity index (χ0v) is 29.9. The van der Waals surface area contributed by atoms with Crippen molar-refractivity contribution in [3.05, 3.63) is 12.2 Å². The SMILES string of the molecule is O=C(O)CN1CCN(CC(=O)O)CCN(CC(=O)NCCOCCOCCNC(=O)OCC2O[C@H]3CC/C=C/CC[C@H]3O2)CCN(CC(=O)O)CC1. The molecule has 2 amide bonds. The number of carbonyl (C=O) groups excluding carboxylic acids is 2. The van der Waals surface area contributed by atoms with Gasteiger partial charge in [0.2, 0.25) is 5.91 Å². The Morgan fingerprint density at radius 2 is 1.00 bits per heavy atom. The molecular weight excluding hydrogens is 688 g/mol. The van der Waals surface area contributed by atoms with Crippen LogP contribution in [0, 0.1) is 0 Å². The maximum atomic E-state index is 12.7. The maximum absolute atomic E-state index is 12.7. The molecule has 2 saturated heterocycles. The van der Waals surface area contributed by atoms with Gasteiger partial charge in [-0.05, 0) is 25.7 Å². The van der Waals surface area contributed by atoms with E-state index in [2.05, 4.69) is 22.8 Å². The first kappa shape index (κ1) is 43.0. The Morgan fingerprint density at radius 1 is 0.596 bits per heavy atom. The van der Waals surface area contributed by atoms with Gasteiger partial charge in [0, 0.05) is 65.4 Å². The average Bonchev–Trinajstić information content (AvgIpc) is 3.45. The van der Waals surface area contributed by atoms with Crippen molar-refractivity contribution in [1.29, 1.82) is 0 Å². The van der Waals surface area contributed by atoms with Gasteiger partial charge in [0.15, 0.2) is 6.29 Å². The Bertz CT molecular complexity index is 1100. The van der Waals surface area contributed by atoms with Crippen LogP contribution in [0.1, 0.15) is 25.7 Å². The molecule has 3 aliphatic rings. The van der Waals surface area contributed by atoms with Gasteiger partial charge in [0.05, 0.1) is 64.8 Å². The lowest BCUT2D eigenvalue weighted by molar-refractivity contribution is -0.140. The second-order valence-electron chi connectivity index (χ2n) is 12.8. The Hall–Kier alpha value is -3.43. The lowest BCUT2D eigenvalue weighted by Gasteiger charge is -2.32. The summed E-state index contributed by atoms with van der Waals surface area (Å²) >= 11 is 0. The van der Waals surface area contributed by atoms with E-state index in [1.54, 1.807) is 14.7 Å². The van der Waals surface area contributed by atoms with Gasteiger partial charge in [-0.25, -0.2) is 4.79 Å². The molecule has 2 aliphatic heterocycles. The summed E-state index contributed by atoms with van der Waals surface area (Å²) in [6.07, 6.45) is 6.87. The summed E-state index contributed by atoms with van der Waals surface area (Å²) < 4.78 is 28.0. The molecular formula is C33H56N6O13. The summed E-state index contributed by atoms with van der Waals surface area (Å²) in [5, 5.41) is 33.5. The van der Waals surface area contributed by atoms with Crippen molar-refractivity contribution >= 4 is 29.9 Å². The van der Waals surface area contributed by atoms with E-state index in [4.69, 9.17) is 23.7 Å². The fourth-order valence-electron chi connectivity index (χ4n) is 5.99. The number of alkyl carbamates (subject to hydrolysis) is 1. The van der Waals surface area contributed by atoms with Crippen LogP contribution in [0.2, 0.25) is 0 Å². The van der Waals surface area contributed by atoms with E-state index in [-0.39, 0.29) is 90.4 Å². The maximum Gasteiger partial charge on any atom is 0.407 e.